The summed E-state index contributed by atoms with van der Waals surface area (Å²) in [5.74, 6) is 0.988. The Hall–Kier alpha value is -1.72. The Labute approximate surface area is 175 Å². The summed E-state index contributed by atoms with van der Waals surface area (Å²) in [6, 6.07) is 14.3. The van der Waals surface area contributed by atoms with Crippen molar-refractivity contribution in [3.05, 3.63) is 69.7 Å². The second-order valence-corrected chi connectivity index (χ2v) is 8.47. The highest BCUT2D eigenvalue weighted by Crippen LogP contribution is 2.48. The monoisotopic (exact) mass is 415 g/mol. The number of hydrogen-bond acceptors (Lipinski definition) is 4. The van der Waals surface area contributed by atoms with Crippen molar-refractivity contribution in [3.8, 4) is 5.75 Å². The van der Waals surface area contributed by atoms with Gasteiger partial charge in [-0.3, -0.25) is 0 Å². The standard InChI is InChI=1S/C22H23Cl2N3O/c1-2-26-11-9-22(10-12-26)27-20(16-5-3-4-6-21(16)28-22)14-19(25-27)15-7-8-17(23)18(24)13-15/h3-8,13-14,20,25H,2,9-12H2,1H3/t20-/m0/s1. The zero-order valence-corrected chi connectivity index (χ0v) is 17.3. The van der Waals surface area contributed by atoms with Crippen LogP contribution in [0.2, 0.25) is 10.0 Å². The van der Waals surface area contributed by atoms with E-state index >= 15 is 0 Å². The smallest absolute Gasteiger partial charge is 0.182 e. The molecule has 0 saturated carbocycles. The fraction of sp³-hybridized carbons (Fsp3) is 0.364. The second-order valence-electron chi connectivity index (χ2n) is 7.66. The summed E-state index contributed by atoms with van der Waals surface area (Å²) in [6.45, 7) is 5.36. The molecular formula is C22H23Cl2N3O. The van der Waals surface area contributed by atoms with E-state index in [2.05, 4.69) is 52.6 Å². The van der Waals surface area contributed by atoms with Crippen molar-refractivity contribution in [2.75, 3.05) is 19.6 Å². The van der Waals surface area contributed by atoms with Crippen LogP contribution in [-0.4, -0.2) is 35.3 Å². The van der Waals surface area contributed by atoms with Gasteiger partial charge in [-0.05, 0) is 30.8 Å². The zero-order valence-electron chi connectivity index (χ0n) is 15.8. The number of halogens is 2. The van der Waals surface area contributed by atoms with E-state index in [1.165, 1.54) is 5.56 Å². The summed E-state index contributed by atoms with van der Waals surface area (Å²) in [5, 5.41) is 3.44. The van der Waals surface area contributed by atoms with Crippen LogP contribution in [0.5, 0.6) is 5.75 Å². The third-order valence-electron chi connectivity index (χ3n) is 6.14. The third-order valence-corrected chi connectivity index (χ3v) is 6.87. The number of likely N-dealkylation sites (tertiary alicyclic amines) is 1. The minimum atomic E-state index is -0.348. The van der Waals surface area contributed by atoms with Crippen LogP contribution in [0.25, 0.3) is 5.70 Å². The molecule has 28 heavy (non-hydrogen) atoms. The summed E-state index contributed by atoms with van der Waals surface area (Å²) in [6.07, 6.45) is 4.19. The minimum absolute atomic E-state index is 0.127. The number of benzene rings is 2. The van der Waals surface area contributed by atoms with Crippen LogP contribution < -0.4 is 10.2 Å². The average Bonchev–Trinajstić information content (AvgIpc) is 3.18. The highest BCUT2D eigenvalue weighted by Gasteiger charge is 2.51. The molecule has 4 nitrogen and oxygen atoms in total. The molecule has 146 valence electrons. The molecule has 2 aromatic rings. The van der Waals surface area contributed by atoms with Gasteiger partial charge in [-0.2, -0.15) is 5.01 Å². The number of nitrogens with zero attached hydrogens (tertiary/aromatic N) is 2. The van der Waals surface area contributed by atoms with E-state index in [4.69, 9.17) is 27.9 Å². The minimum Gasteiger partial charge on any atom is -0.470 e. The molecule has 1 N–H and O–H groups in total. The molecule has 1 spiro atoms. The lowest BCUT2D eigenvalue weighted by Gasteiger charge is -2.51. The highest BCUT2D eigenvalue weighted by molar-refractivity contribution is 6.42. The topological polar surface area (TPSA) is 27.7 Å². The number of hydrazine groups is 1. The van der Waals surface area contributed by atoms with Crippen molar-refractivity contribution >= 4 is 28.9 Å². The molecule has 0 aliphatic carbocycles. The maximum Gasteiger partial charge on any atom is 0.182 e. The summed E-state index contributed by atoms with van der Waals surface area (Å²) < 4.78 is 6.65. The maximum absolute atomic E-state index is 6.65. The molecule has 0 unspecified atom stereocenters. The van der Waals surface area contributed by atoms with Crippen LogP contribution in [0.15, 0.2) is 48.5 Å². The van der Waals surface area contributed by atoms with Gasteiger partial charge in [0.05, 0.1) is 21.8 Å². The Morgan fingerprint density at radius 2 is 1.89 bits per heavy atom. The number of nitrogens with one attached hydrogen (secondary N) is 1. The van der Waals surface area contributed by atoms with E-state index in [9.17, 15) is 0 Å². The van der Waals surface area contributed by atoms with Gasteiger partial charge in [-0.1, -0.05) is 54.4 Å². The SMILES string of the molecule is CCN1CCC2(CC1)Oc1ccccc1[C@@H]1C=C(c3ccc(Cl)c(Cl)c3)NN12. The van der Waals surface area contributed by atoms with Gasteiger partial charge >= 0.3 is 0 Å². The molecule has 2 aromatic carbocycles. The Kier molecular flexibility index (Phi) is 4.55. The van der Waals surface area contributed by atoms with E-state index in [-0.39, 0.29) is 11.8 Å². The lowest BCUT2D eigenvalue weighted by molar-refractivity contribution is -0.159. The lowest BCUT2D eigenvalue weighted by atomic mass is 9.93. The second kappa shape index (κ2) is 6.96. The van der Waals surface area contributed by atoms with Gasteiger partial charge in [-0.25, -0.2) is 0 Å². The Bertz CT molecular complexity index is 937. The summed E-state index contributed by atoms with van der Waals surface area (Å²) in [4.78, 5) is 2.48. The molecule has 0 radical (unpaired) electrons. The van der Waals surface area contributed by atoms with Crippen molar-refractivity contribution in [1.29, 1.82) is 0 Å². The molecule has 0 amide bonds. The van der Waals surface area contributed by atoms with E-state index in [1.807, 2.05) is 18.2 Å². The molecule has 1 atom stereocenters. The molecule has 0 bridgehead atoms. The van der Waals surface area contributed by atoms with Gasteiger partial charge in [0.2, 0.25) is 0 Å². The van der Waals surface area contributed by atoms with Crippen LogP contribution in [-0.2, 0) is 0 Å². The first-order valence-corrected chi connectivity index (χ1v) is 10.6. The third kappa shape index (κ3) is 2.91. The molecule has 3 aliphatic rings. The fourth-order valence-electron chi connectivity index (χ4n) is 4.51. The maximum atomic E-state index is 6.65. The predicted octanol–water partition coefficient (Wildman–Crippen LogP) is 5.10. The Morgan fingerprint density at radius 3 is 2.64 bits per heavy atom. The average molecular weight is 416 g/mol. The van der Waals surface area contributed by atoms with Gasteiger partial charge in [0, 0.05) is 37.1 Å². The number of para-hydroxylation sites is 1. The number of fused-ring (bicyclic) bond motifs is 4. The van der Waals surface area contributed by atoms with E-state index in [0.717, 1.165) is 49.5 Å². The Balaban J connectivity index is 1.54. The van der Waals surface area contributed by atoms with Crippen molar-refractivity contribution < 1.29 is 4.74 Å². The van der Waals surface area contributed by atoms with Crippen LogP contribution in [0.3, 0.4) is 0 Å². The predicted molar refractivity (Wildman–Crippen MR) is 113 cm³/mol. The van der Waals surface area contributed by atoms with Crippen molar-refractivity contribution in [1.82, 2.24) is 15.3 Å². The molecule has 3 aliphatic heterocycles. The first-order chi connectivity index (χ1) is 13.6. The quantitative estimate of drug-likeness (QED) is 0.737. The molecule has 1 fully saturated rings. The van der Waals surface area contributed by atoms with Gasteiger partial charge in [0.1, 0.15) is 5.75 Å². The van der Waals surface area contributed by atoms with Gasteiger partial charge < -0.3 is 15.1 Å². The summed E-state index contributed by atoms with van der Waals surface area (Å²) >= 11 is 12.4. The van der Waals surface area contributed by atoms with Gasteiger partial charge in [-0.15, -0.1) is 0 Å². The van der Waals surface area contributed by atoms with Crippen LogP contribution in [0.1, 0.15) is 36.9 Å². The molecule has 1 saturated heterocycles. The number of ether oxygens (including phenoxy) is 1. The molecule has 3 heterocycles. The molecule has 5 rings (SSSR count). The lowest BCUT2D eigenvalue weighted by Crippen LogP contribution is -2.63. The van der Waals surface area contributed by atoms with Crippen molar-refractivity contribution in [2.45, 2.75) is 31.5 Å². The molecule has 6 heteroatoms. The largest absolute Gasteiger partial charge is 0.470 e. The Morgan fingerprint density at radius 1 is 1.11 bits per heavy atom. The highest BCUT2D eigenvalue weighted by atomic mass is 35.5. The van der Waals surface area contributed by atoms with Gasteiger partial charge in [0.15, 0.2) is 5.72 Å². The van der Waals surface area contributed by atoms with E-state index in [1.54, 1.807) is 0 Å². The molecule has 0 aromatic heterocycles. The number of piperidine rings is 1. The van der Waals surface area contributed by atoms with E-state index in [0.29, 0.717) is 10.0 Å². The zero-order chi connectivity index (χ0) is 19.3. The van der Waals surface area contributed by atoms with Crippen LogP contribution in [0.4, 0.5) is 0 Å². The fourth-order valence-corrected chi connectivity index (χ4v) is 4.81. The van der Waals surface area contributed by atoms with Crippen molar-refractivity contribution in [3.63, 3.8) is 0 Å². The number of rotatable bonds is 2. The molecular weight excluding hydrogens is 393 g/mol. The van der Waals surface area contributed by atoms with Crippen LogP contribution >= 0.6 is 23.2 Å². The van der Waals surface area contributed by atoms with Crippen molar-refractivity contribution in [2.24, 2.45) is 0 Å². The van der Waals surface area contributed by atoms with E-state index < -0.39 is 0 Å². The van der Waals surface area contributed by atoms with Crippen LogP contribution in [0, 0.1) is 0 Å². The normalized spacial score (nSPS) is 23.5. The first-order valence-electron chi connectivity index (χ1n) is 9.83. The first kappa shape index (κ1) is 18.3. The summed E-state index contributed by atoms with van der Waals surface area (Å²) in [7, 11) is 0. The number of hydrogen-bond donors (Lipinski definition) is 1. The van der Waals surface area contributed by atoms with Gasteiger partial charge in [0.25, 0.3) is 0 Å². The summed E-state index contributed by atoms with van der Waals surface area (Å²) in [5.41, 5.74) is 6.55.